The zero-order valence-electron chi connectivity index (χ0n) is 42.3. The molecule has 3 amide bonds. The second-order valence-corrected chi connectivity index (χ2v) is 24.6. The van der Waals surface area contributed by atoms with Crippen LogP contribution in [-0.4, -0.2) is 122 Å². The Bertz CT molecular complexity index is 3080. The fourth-order valence-corrected chi connectivity index (χ4v) is 10.9. The van der Waals surface area contributed by atoms with Gasteiger partial charge in [-0.05, 0) is 100 Å². The van der Waals surface area contributed by atoms with Gasteiger partial charge in [-0.1, -0.05) is 38.8 Å². The van der Waals surface area contributed by atoms with Gasteiger partial charge >= 0.3 is 35.5 Å². The number of carbonyl (C=O) groups excluding carboxylic acids is 4. The fraction of sp³-hybridized carbons (Fsp3) is 0.468. The van der Waals surface area contributed by atoms with Crippen molar-refractivity contribution in [3.63, 3.8) is 0 Å². The van der Waals surface area contributed by atoms with Gasteiger partial charge in [-0.3, -0.25) is 32.6 Å². The minimum atomic E-state index is -4.59. The Balaban J connectivity index is 0.00000722. The minimum Gasteiger partial charge on any atom is -1.00 e. The van der Waals surface area contributed by atoms with Gasteiger partial charge in [-0.2, -0.15) is 38.2 Å². The van der Waals surface area contributed by atoms with E-state index >= 15 is 0 Å². The molecule has 0 unspecified atom stereocenters. The van der Waals surface area contributed by atoms with Gasteiger partial charge in [0, 0.05) is 78.9 Å². The summed E-state index contributed by atoms with van der Waals surface area (Å²) in [5.74, 6) is -3.31. The summed E-state index contributed by atoms with van der Waals surface area (Å²) in [6.45, 7) is 8.02. The molecule has 2 aromatic rings. The quantitative estimate of drug-likeness (QED) is 0.0181. The number of hydrogen-bond donors (Lipinski definition) is 5. The molecule has 73 heavy (non-hydrogen) atoms. The van der Waals surface area contributed by atoms with Crippen LogP contribution in [0.15, 0.2) is 93.9 Å². The molecule has 0 spiro atoms. The van der Waals surface area contributed by atoms with Crippen molar-refractivity contribution in [2.75, 3.05) is 36.0 Å². The summed E-state index contributed by atoms with van der Waals surface area (Å²) in [6.07, 6.45) is 12.6. The Morgan fingerprint density at radius 1 is 0.740 bits per heavy atom. The molecule has 5 rings (SSSR count). The molecular weight excluding hydrogens is 1040 g/mol. The first-order valence-corrected chi connectivity index (χ1v) is 29.2. The molecule has 0 radical (unpaired) electrons. The van der Waals surface area contributed by atoms with E-state index in [1.165, 1.54) is 48.6 Å². The third-order valence-electron chi connectivity index (χ3n) is 12.5. The zero-order chi connectivity index (χ0) is 53.5. The Morgan fingerprint density at radius 3 is 1.92 bits per heavy atom. The average molecular weight is 1110 g/mol. The van der Waals surface area contributed by atoms with Crippen molar-refractivity contribution < 1.29 is 111 Å². The number of nitrogens with zero attached hydrogens (tertiary/aromatic N) is 3. The van der Waals surface area contributed by atoms with Crippen LogP contribution in [0, 0.1) is 0 Å². The molecule has 0 saturated carbocycles. The summed E-state index contributed by atoms with van der Waals surface area (Å²) in [5, 5.41) is 3.39. The number of anilines is 1. The molecule has 26 heteroatoms. The van der Waals surface area contributed by atoms with Crippen LogP contribution in [0.1, 0.15) is 111 Å². The predicted octanol–water partition coefficient (Wildman–Crippen LogP) is 2.40. The largest absolute Gasteiger partial charge is 1.00 e. The molecule has 21 nitrogen and oxygen atoms in total. The van der Waals surface area contributed by atoms with Gasteiger partial charge in [0.15, 0.2) is 5.71 Å². The summed E-state index contributed by atoms with van der Waals surface area (Å²) in [7, 11) is -17.6. The van der Waals surface area contributed by atoms with Gasteiger partial charge in [0.25, 0.3) is 58.2 Å². The van der Waals surface area contributed by atoms with E-state index in [9.17, 15) is 71.1 Å². The number of carbonyl (C=O) groups is 4. The van der Waals surface area contributed by atoms with Gasteiger partial charge in [-0.25, -0.2) is 4.79 Å². The van der Waals surface area contributed by atoms with Crippen molar-refractivity contribution in [2.45, 2.75) is 119 Å². The first-order chi connectivity index (χ1) is 33.4. The second-order valence-electron chi connectivity index (χ2n) is 18.6. The standard InChI is InChI=1S/C47H60N4O17S4.Na.H/c1-46(2)36-31-34(71(62,63)64)20-22-38(36)49(27-9-11-29-69(56,57)58)40(46)17-13-15-33(45(55)48-26-8-6-5-7-19-44(54)68-51-42(52)24-25-43(51)53)16-14-18-41-47(3,4)37-32-35(72(65,66)67)21-23-39(37)50(41)28-10-12-30-70(59,60)61;;/h13-18,20-23,31-32H,5-12,19,24-30H2,1-4H3,(H4-,48,55,56,57,58,59,60,61,62,63,64,65,66,67);;/q;+1;-1/p+1. The van der Waals surface area contributed by atoms with Crippen molar-refractivity contribution in [2.24, 2.45) is 0 Å². The molecule has 5 N–H and O–H groups in total. The Hall–Kier alpha value is -4.41. The van der Waals surface area contributed by atoms with Crippen LogP contribution in [-0.2, 0) is 75.3 Å². The number of imide groups is 1. The first-order valence-electron chi connectivity index (χ1n) is 23.1. The summed E-state index contributed by atoms with van der Waals surface area (Å²) < 4.78 is 135. The normalized spacial score (nSPS) is 17.5. The molecule has 2 aromatic carbocycles. The Kier molecular flexibility index (Phi) is 20.9. The monoisotopic (exact) mass is 1110 g/mol. The molecule has 0 atom stereocenters. The van der Waals surface area contributed by atoms with E-state index in [0.29, 0.717) is 77.5 Å². The smallest absolute Gasteiger partial charge is 1.00 e. The maximum absolute atomic E-state index is 14.0. The van der Waals surface area contributed by atoms with Crippen LogP contribution in [0.2, 0.25) is 0 Å². The van der Waals surface area contributed by atoms with E-state index in [4.69, 9.17) is 4.84 Å². The maximum Gasteiger partial charge on any atom is 1.00 e. The van der Waals surface area contributed by atoms with E-state index in [1.807, 2.05) is 37.2 Å². The van der Waals surface area contributed by atoms with Crippen LogP contribution in [0.5, 0.6) is 0 Å². The predicted molar refractivity (Wildman–Crippen MR) is 266 cm³/mol. The van der Waals surface area contributed by atoms with Gasteiger partial charge in [-0.15, -0.1) is 5.06 Å². The SMILES string of the molecule is CC1(C)C(/C=C/C=C(/C=C/C=C2/N(CCCCS(=O)(=O)O)c3ccc(S(=O)(=O)O)cc3C2(C)C)C(=O)NCCCCCCC(=O)ON2C(=O)CCC2=O)=[N+](CCCCS(=O)(=O)O)c2ccc(S(=O)(=O)O)cc21.[H-].[Na+]. The molecule has 1 saturated heterocycles. The van der Waals surface area contributed by atoms with Crippen molar-refractivity contribution in [1.29, 1.82) is 0 Å². The third-order valence-corrected chi connectivity index (χ3v) is 15.8. The molecule has 0 aromatic heterocycles. The van der Waals surface area contributed by atoms with Crippen LogP contribution >= 0.6 is 0 Å². The molecule has 3 heterocycles. The number of unbranched alkanes of at least 4 members (excludes halogenated alkanes) is 5. The van der Waals surface area contributed by atoms with Crippen LogP contribution in [0.4, 0.5) is 11.4 Å². The third kappa shape index (κ3) is 16.5. The number of rotatable bonds is 25. The van der Waals surface area contributed by atoms with Crippen LogP contribution in [0.3, 0.4) is 0 Å². The van der Waals surface area contributed by atoms with E-state index in [1.54, 1.807) is 24.3 Å². The molecule has 3 aliphatic rings. The van der Waals surface area contributed by atoms with Gasteiger partial charge in [0.1, 0.15) is 6.54 Å². The van der Waals surface area contributed by atoms with Crippen molar-refractivity contribution in [3.05, 3.63) is 95.3 Å². The fourth-order valence-electron chi connectivity index (χ4n) is 8.77. The first kappa shape index (κ1) is 61.1. The Labute approximate surface area is 450 Å². The van der Waals surface area contributed by atoms with Gasteiger partial charge < -0.3 is 16.5 Å². The van der Waals surface area contributed by atoms with Crippen LogP contribution in [0.25, 0.3) is 0 Å². The topological polar surface area (TPSA) is 317 Å². The van der Waals surface area contributed by atoms with E-state index in [2.05, 4.69) is 5.32 Å². The molecule has 0 aliphatic carbocycles. The summed E-state index contributed by atoms with van der Waals surface area (Å²) in [4.78, 5) is 55.8. The maximum atomic E-state index is 14.0. The Morgan fingerprint density at radius 2 is 1.32 bits per heavy atom. The molecule has 0 bridgehead atoms. The van der Waals surface area contributed by atoms with Crippen molar-refractivity contribution in [3.8, 4) is 0 Å². The summed E-state index contributed by atoms with van der Waals surface area (Å²) in [6, 6.07) is 8.27. The van der Waals surface area contributed by atoms with E-state index in [-0.39, 0.29) is 98.1 Å². The summed E-state index contributed by atoms with van der Waals surface area (Å²) in [5.41, 5.74) is 1.88. The van der Waals surface area contributed by atoms with E-state index in [0.717, 1.165) is 0 Å². The molecular formula is C47H62N4NaO17S4+. The minimum absolute atomic E-state index is 0. The van der Waals surface area contributed by atoms with Crippen molar-refractivity contribution >= 4 is 81.2 Å². The molecule has 396 valence electrons. The number of benzene rings is 2. The molecule has 3 aliphatic heterocycles. The number of hydrogen-bond acceptors (Lipinski definition) is 14. The van der Waals surface area contributed by atoms with Crippen LogP contribution < -0.4 is 39.8 Å². The zero-order valence-corrected chi connectivity index (χ0v) is 46.6. The number of nitrogens with one attached hydrogen (secondary N) is 1. The number of allylic oxidation sites excluding steroid dienone is 6. The van der Waals surface area contributed by atoms with Gasteiger partial charge in [0.2, 0.25) is 5.69 Å². The molecule has 1 fully saturated rings. The number of hydroxylamine groups is 2. The van der Waals surface area contributed by atoms with Gasteiger partial charge in [0.05, 0.1) is 26.7 Å². The average Bonchev–Trinajstić information content (AvgIpc) is 3.78. The second kappa shape index (κ2) is 25.0. The van der Waals surface area contributed by atoms with E-state index < -0.39 is 86.5 Å². The number of amides is 3. The summed E-state index contributed by atoms with van der Waals surface area (Å²) >= 11 is 0. The number of fused-ring (bicyclic) bond motifs is 2. The van der Waals surface area contributed by atoms with Crippen molar-refractivity contribution in [1.82, 2.24) is 10.4 Å².